The van der Waals surface area contributed by atoms with Gasteiger partial charge in [-0.25, -0.2) is 0 Å². The Morgan fingerprint density at radius 1 is 1.09 bits per heavy atom. The summed E-state index contributed by atoms with van der Waals surface area (Å²) in [6, 6.07) is 15.3. The van der Waals surface area contributed by atoms with E-state index in [0.29, 0.717) is 12.2 Å². The first-order valence-electron chi connectivity index (χ1n) is 9.70. The number of aromatic nitrogens is 5. The van der Waals surface area contributed by atoms with Gasteiger partial charge in [0, 0.05) is 11.8 Å². The summed E-state index contributed by atoms with van der Waals surface area (Å²) in [5.74, 6) is -2.42. The van der Waals surface area contributed by atoms with E-state index in [1.54, 1.807) is 16.0 Å². The van der Waals surface area contributed by atoms with Crippen LogP contribution in [0, 0.1) is 13.8 Å². The van der Waals surface area contributed by atoms with Crippen molar-refractivity contribution in [1.82, 2.24) is 25.0 Å². The van der Waals surface area contributed by atoms with Crippen LogP contribution in [0.4, 0.5) is 19.1 Å². The molecule has 2 aromatic heterocycles. The van der Waals surface area contributed by atoms with Gasteiger partial charge >= 0.3 is 6.18 Å². The Bertz CT molecular complexity index is 1260. The third-order valence-electron chi connectivity index (χ3n) is 4.95. The Hall–Kier alpha value is -3.95. The largest absolute Gasteiger partial charge is 0.451 e. The molecule has 0 atom stereocenters. The van der Waals surface area contributed by atoms with E-state index in [1.807, 2.05) is 62.4 Å². The summed E-state index contributed by atoms with van der Waals surface area (Å²) in [7, 11) is 0. The number of nitrogens with zero attached hydrogens (tertiary/aromatic N) is 4. The molecule has 0 unspecified atom stereocenters. The highest BCUT2D eigenvalue weighted by Crippen LogP contribution is 2.28. The van der Waals surface area contributed by atoms with Crippen LogP contribution in [0.1, 0.15) is 32.9 Å². The average Bonchev–Trinajstić information content (AvgIpc) is 3.38. The molecule has 10 heteroatoms. The minimum atomic E-state index is -4.69. The third kappa shape index (κ3) is 4.53. The molecule has 0 saturated carbocycles. The van der Waals surface area contributed by atoms with Crippen LogP contribution in [0.5, 0.6) is 0 Å². The van der Waals surface area contributed by atoms with Crippen LogP contribution in [0.25, 0.3) is 11.3 Å². The molecule has 0 aliphatic rings. The first-order valence-corrected chi connectivity index (χ1v) is 9.70. The molecule has 7 nitrogen and oxygen atoms in total. The molecular formula is C22H19F3N6O. The van der Waals surface area contributed by atoms with Gasteiger partial charge in [-0.1, -0.05) is 42.5 Å². The maximum Gasteiger partial charge on any atom is 0.451 e. The number of carbonyl (C=O) groups is 1. The van der Waals surface area contributed by atoms with Crippen LogP contribution < -0.4 is 5.32 Å². The highest BCUT2D eigenvalue weighted by atomic mass is 19.4. The zero-order valence-corrected chi connectivity index (χ0v) is 17.2. The van der Waals surface area contributed by atoms with Gasteiger partial charge in [-0.3, -0.25) is 19.9 Å². The van der Waals surface area contributed by atoms with Gasteiger partial charge < -0.3 is 0 Å². The van der Waals surface area contributed by atoms with Crippen molar-refractivity contribution in [3.63, 3.8) is 0 Å². The van der Waals surface area contributed by atoms with E-state index in [0.717, 1.165) is 22.3 Å². The number of halogens is 3. The van der Waals surface area contributed by atoms with E-state index < -0.39 is 23.9 Å². The first kappa shape index (κ1) is 21.3. The number of hydrogen-bond donors (Lipinski definition) is 2. The molecule has 2 heterocycles. The fourth-order valence-corrected chi connectivity index (χ4v) is 3.15. The number of alkyl halides is 3. The molecule has 0 saturated heterocycles. The molecule has 0 fully saturated rings. The predicted molar refractivity (Wildman–Crippen MR) is 112 cm³/mol. The van der Waals surface area contributed by atoms with Crippen LogP contribution in [0.2, 0.25) is 0 Å². The average molecular weight is 440 g/mol. The maximum absolute atomic E-state index is 12.9. The molecule has 0 aliphatic heterocycles. The first-order chi connectivity index (χ1) is 15.2. The van der Waals surface area contributed by atoms with Crippen LogP contribution in [-0.4, -0.2) is 30.9 Å². The van der Waals surface area contributed by atoms with Crippen molar-refractivity contribution in [1.29, 1.82) is 0 Å². The van der Waals surface area contributed by atoms with E-state index in [4.69, 9.17) is 0 Å². The van der Waals surface area contributed by atoms with Crippen molar-refractivity contribution in [3.8, 4) is 11.3 Å². The van der Waals surface area contributed by atoms with E-state index in [1.165, 1.54) is 0 Å². The van der Waals surface area contributed by atoms with Crippen LogP contribution in [0.3, 0.4) is 0 Å². The number of anilines is 1. The molecule has 1 amide bonds. The SMILES string of the molecule is Cc1ccc(-c2nn(Cc3ccccc3)cc2C(=O)Nc2n[nH]c(C(F)(F)F)n2)cc1C. The number of rotatable bonds is 5. The van der Waals surface area contributed by atoms with Gasteiger partial charge in [0.1, 0.15) is 5.69 Å². The Morgan fingerprint density at radius 2 is 1.84 bits per heavy atom. The predicted octanol–water partition coefficient (Wildman–Crippen LogP) is 4.60. The maximum atomic E-state index is 12.9. The summed E-state index contributed by atoms with van der Waals surface area (Å²) < 4.78 is 39.9. The van der Waals surface area contributed by atoms with Crippen LogP contribution in [-0.2, 0) is 12.7 Å². The van der Waals surface area contributed by atoms with Crippen molar-refractivity contribution in [2.45, 2.75) is 26.6 Å². The van der Waals surface area contributed by atoms with E-state index in [2.05, 4.69) is 20.5 Å². The van der Waals surface area contributed by atoms with Gasteiger partial charge in [0.05, 0.1) is 12.1 Å². The summed E-state index contributed by atoms with van der Waals surface area (Å²) in [6.45, 7) is 4.35. The van der Waals surface area contributed by atoms with E-state index in [-0.39, 0.29) is 5.56 Å². The Morgan fingerprint density at radius 3 is 2.50 bits per heavy atom. The minimum Gasteiger partial charge on any atom is -0.289 e. The second kappa shape index (κ2) is 8.29. The zero-order valence-electron chi connectivity index (χ0n) is 17.2. The van der Waals surface area contributed by atoms with Crippen molar-refractivity contribution in [2.24, 2.45) is 0 Å². The Labute approximate surface area is 181 Å². The molecule has 2 N–H and O–H groups in total. The summed E-state index contributed by atoms with van der Waals surface area (Å²) >= 11 is 0. The lowest BCUT2D eigenvalue weighted by Gasteiger charge is -2.05. The number of aromatic amines is 1. The fraction of sp³-hybridized carbons (Fsp3) is 0.182. The van der Waals surface area contributed by atoms with Gasteiger partial charge in [0.25, 0.3) is 5.91 Å². The van der Waals surface area contributed by atoms with Crippen LogP contribution in [0.15, 0.2) is 54.7 Å². The number of benzene rings is 2. The normalized spacial score (nSPS) is 11.5. The number of carbonyl (C=O) groups excluding carboxylic acids is 1. The number of H-pyrrole nitrogens is 1. The summed E-state index contributed by atoms with van der Waals surface area (Å²) in [5, 5.41) is 12.1. The number of nitrogens with one attached hydrogen (secondary N) is 2. The molecule has 4 aromatic rings. The van der Waals surface area contributed by atoms with E-state index in [9.17, 15) is 18.0 Å². The molecule has 0 aliphatic carbocycles. The van der Waals surface area contributed by atoms with Crippen molar-refractivity contribution >= 4 is 11.9 Å². The third-order valence-corrected chi connectivity index (χ3v) is 4.95. The second-order valence-electron chi connectivity index (χ2n) is 7.33. The van der Waals surface area contributed by atoms with Crippen LogP contribution >= 0.6 is 0 Å². The Balaban J connectivity index is 1.69. The topological polar surface area (TPSA) is 88.5 Å². The molecule has 164 valence electrons. The molecule has 2 aromatic carbocycles. The monoisotopic (exact) mass is 440 g/mol. The number of hydrogen-bond acceptors (Lipinski definition) is 4. The molecule has 32 heavy (non-hydrogen) atoms. The van der Waals surface area contributed by atoms with Gasteiger partial charge in [-0.2, -0.15) is 23.3 Å². The lowest BCUT2D eigenvalue weighted by Crippen LogP contribution is -2.14. The number of amides is 1. The standard InChI is InChI=1S/C22H19F3N6O/c1-13-8-9-16(10-14(13)2)18-17(12-31(30-18)11-15-6-4-3-5-7-15)19(32)26-21-27-20(28-29-21)22(23,24)25/h3-10,12H,11H2,1-2H3,(H2,26,27,28,29,32). The summed E-state index contributed by atoms with van der Waals surface area (Å²) in [5.41, 5.74) is 4.42. The highest BCUT2D eigenvalue weighted by molar-refractivity contribution is 6.07. The summed E-state index contributed by atoms with van der Waals surface area (Å²) in [6.07, 6.45) is -3.13. The molecule has 0 spiro atoms. The molecule has 4 rings (SSSR count). The fourth-order valence-electron chi connectivity index (χ4n) is 3.15. The van der Waals surface area contributed by atoms with Gasteiger partial charge in [0.15, 0.2) is 0 Å². The van der Waals surface area contributed by atoms with Crippen molar-refractivity contribution in [3.05, 3.63) is 82.8 Å². The molecule has 0 bridgehead atoms. The minimum absolute atomic E-state index is 0.197. The lowest BCUT2D eigenvalue weighted by molar-refractivity contribution is -0.144. The molecule has 0 radical (unpaired) electrons. The lowest BCUT2D eigenvalue weighted by atomic mass is 10.0. The van der Waals surface area contributed by atoms with Crippen molar-refractivity contribution in [2.75, 3.05) is 5.32 Å². The smallest absolute Gasteiger partial charge is 0.289 e. The number of aryl methyl sites for hydroxylation is 2. The Kier molecular flexibility index (Phi) is 5.52. The highest BCUT2D eigenvalue weighted by Gasteiger charge is 2.35. The van der Waals surface area contributed by atoms with Crippen molar-refractivity contribution < 1.29 is 18.0 Å². The van der Waals surface area contributed by atoms with E-state index >= 15 is 0 Å². The zero-order chi connectivity index (χ0) is 22.9. The second-order valence-corrected chi connectivity index (χ2v) is 7.33. The summed E-state index contributed by atoms with van der Waals surface area (Å²) in [4.78, 5) is 16.2. The quantitative estimate of drug-likeness (QED) is 0.475. The van der Waals surface area contributed by atoms with Gasteiger partial charge in [-0.15, -0.1) is 5.10 Å². The van der Waals surface area contributed by atoms with Gasteiger partial charge in [-0.05, 0) is 36.6 Å². The van der Waals surface area contributed by atoms with Gasteiger partial charge in [0.2, 0.25) is 11.8 Å². The molecular weight excluding hydrogens is 421 g/mol.